The molecule has 1 aromatic carbocycles. The van der Waals surface area contributed by atoms with Crippen LogP contribution in [0.2, 0.25) is 0 Å². The van der Waals surface area contributed by atoms with Gasteiger partial charge in [0.05, 0.1) is 34.0 Å². The lowest BCUT2D eigenvalue weighted by Gasteiger charge is -2.25. The molecule has 2 heterocycles. The minimum Gasteiger partial charge on any atom is -0.493 e. The second-order valence-corrected chi connectivity index (χ2v) is 5.69. The molecule has 1 aliphatic heterocycles. The first-order chi connectivity index (χ1) is 12.7. The van der Waals surface area contributed by atoms with E-state index in [1.54, 1.807) is 12.1 Å². The van der Waals surface area contributed by atoms with Crippen LogP contribution in [0.3, 0.4) is 0 Å². The summed E-state index contributed by atoms with van der Waals surface area (Å²) < 4.78 is 28.3. The SMILES string of the molecule is CCOc1c(OC)cc(-c2nn(CN3CCOCC3)c(=O)o2)cc1OC. The fourth-order valence-electron chi connectivity index (χ4n) is 2.73. The zero-order valence-corrected chi connectivity index (χ0v) is 15.2. The summed E-state index contributed by atoms with van der Waals surface area (Å²) in [5.41, 5.74) is 0.569. The van der Waals surface area contributed by atoms with Crippen molar-refractivity contribution >= 4 is 0 Å². The van der Waals surface area contributed by atoms with Crippen molar-refractivity contribution in [2.75, 3.05) is 47.1 Å². The fraction of sp³-hybridized carbons (Fsp3) is 0.529. The van der Waals surface area contributed by atoms with Gasteiger partial charge in [0.2, 0.25) is 11.6 Å². The van der Waals surface area contributed by atoms with Crippen molar-refractivity contribution in [1.82, 2.24) is 14.7 Å². The van der Waals surface area contributed by atoms with Crippen molar-refractivity contribution in [1.29, 1.82) is 0 Å². The lowest BCUT2D eigenvalue weighted by molar-refractivity contribution is 0.0202. The van der Waals surface area contributed by atoms with E-state index in [1.807, 2.05) is 6.92 Å². The number of aromatic nitrogens is 2. The van der Waals surface area contributed by atoms with Crippen LogP contribution < -0.4 is 20.0 Å². The average molecular weight is 365 g/mol. The van der Waals surface area contributed by atoms with Crippen LogP contribution in [0.15, 0.2) is 21.3 Å². The zero-order chi connectivity index (χ0) is 18.5. The predicted molar refractivity (Wildman–Crippen MR) is 92.9 cm³/mol. The number of benzene rings is 1. The van der Waals surface area contributed by atoms with E-state index in [2.05, 4.69) is 10.00 Å². The van der Waals surface area contributed by atoms with Crippen LogP contribution in [-0.4, -0.2) is 61.8 Å². The van der Waals surface area contributed by atoms with E-state index >= 15 is 0 Å². The molecular weight excluding hydrogens is 342 g/mol. The maximum absolute atomic E-state index is 12.2. The molecule has 0 saturated carbocycles. The molecule has 1 aliphatic rings. The summed E-state index contributed by atoms with van der Waals surface area (Å²) in [6.45, 7) is 5.49. The van der Waals surface area contributed by atoms with E-state index in [0.717, 1.165) is 13.1 Å². The number of nitrogens with zero attached hydrogens (tertiary/aromatic N) is 3. The highest BCUT2D eigenvalue weighted by atomic mass is 16.5. The molecule has 0 bridgehead atoms. The Morgan fingerprint density at radius 3 is 2.38 bits per heavy atom. The minimum atomic E-state index is -0.515. The lowest BCUT2D eigenvalue weighted by Crippen LogP contribution is -2.39. The second-order valence-electron chi connectivity index (χ2n) is 5.69. The Balaban J connectivity index is 1.91. The van der Waals surface area contributed by atoms with Gasteiger partial charge in [0.1, 0.15) is 6.67 Å². The van der Waals surface area contributed by atoms with Crippen molar-refractivity contribution in [2.24, 2.45) is 0 Å². The molecule has 1 aromatic heterocycles. The van der Waals surface area contributed by atoms with Crippen LogP contribution in [0, 0.1) is 0 Å². The lowest BCUT2D eigenvalue weighted by atomic mass is 10.2. The van der Waals surface area contributed by atoms with Gasteiger partial charge in [0, 0.05) is 18.7 Å². The van der Waals surface area contributed by atoms with Gasteiger partial charge in [-0.05, 0) is 19.1 Å². The van der Waals surface area contributed by atoms with E-state index in [0.29, 0.717) is 49.3 Å². The monoisotopic (exact) mass is 365 g/mol. The number of rotatable bonds is 7. The topological polar surface area (TPSA) is 88.2 Å². The Morgan fingerprint density at radius 2 is 1.81 bits per heavy atom. The predicted octanol–water partition coefficient (Wildman–Crippen LogP) is 1.21. The van der Waals surface area contributed by atoms with Gasteiger partial charge < -0.3 is 23.4 Å². The summed E-state index contributed by atoms with van der Waals surface area (Å²) in [6.07, 6.45) is 0. The largest absolute Gasteiger partial charge is 0.493 e. The molecule has 0 aliphatic carbocycles. The van der Waals surface area contributed by atoms with E-state index in [4.69, 9.17) is 23.4 Å². The van der Waals surface area contributed by atoms with Crippen molar-refractivity contribution < 1.29 is 23.4 Å². The molecule has 3 rings (SSSR count). The van der Waals surface area contributed by atoms with Crippen LogP contribution in [0.4, 0.5) is 0 Å². The molecule has 0 atom stereocenters. The molecular formula is C17H23N3O6. The highest BCUT2D eigenvalue weighted by Gasteiger charge is 2.20. The van der Waals surface area contributed by atoms with Gasteiger partial charge in [0.15, 0.2) is 11.5 Å². The summed E-state index contributed by atoms with van der Waals surface area (Å²) in [6, 6.07) is 3.41. The Kier molecular flexibility index (Phi) is 5.79. The molecule has 9 heteroatoms. The first-order valence-corrected chi connectivity index (χ1v) is 8.43. The number of hydrogen-bond acceptors (Lipinski definition) is 8. The van der Waals surface area contributed by atoms with Gasteiger partial charge >= 0.3 is 5.76 Å². The molecule has 1 saturated heterocycles. The van der Waals surface area contributed by atoms with Crippen LogP contribution in [0.5, 0.6) is 17.2 Å². The Bertz CT molecular complexity index is 769. The molecule has 0 N–H and O–H groups in total. The Hall–Kier alpha value is -2.52. The van der Waals surface area contributed by atoms with Gasteiger partial charge in [-0.25, -0.2) is 4.79 Å². The second kappa shape index (κ2) is 8.24. The summed E-state index contributed by atoms with van der Waals surface area (Å²) in [7, 11) is 3.07. The third kappa shape index (κ3) is 3.83. The number of ether oxygens (including phenoxy) is 4. The summed E-state index contributed by atoms with van der Waals surface area (Å²) in [5, 5.41) is 4.30. The van der Waals surface area contributed by atoms with E-state index in [1.165, 1.54) is 18.9 Å². The van der Waals surface area contributed by atoms with E-state index in [9.17, 15) is 4.79 Å². The molecule has 0 unspecified atom stereocenters. The maximum atomic E-state index is 12.2. The third-order valence-corrected chi connectivity index (χ3v) is 4.04. The smallest absolute Gasteiger partial charge is 0.438 e. The Morgan fingerprint density at radius 1 is 1.15 bits per heavy atom. The normalized spacial score (nSPS) is 15.0. The van der Waals surface area contributed by atoms with Crippen molar-refractivity contribution in [3.63, 3.8) is 0 Å². The van der Waals surface area contributed by atoms with Crippen LogP contribution in [0.25, 0.3) is 11.5 Å². The molecule has 142 valence electrons. The minimum absolute atomic E-state index is 0.197. The van der Waals surface area contributed by atoms with Crippen molar-refractivity contribution in [3.05, 3.63) is 22.7 Å². The highest BCUT2D eigenvalue weighted by Crippen LogP contribution is 2.40. The first-order valence-electron chi connectivity index (χ1n) is 8.43. The van der Waals surface area contributed by atoms with Gasteiger partial charge in [-0.1, -0.05) is 0 Å². The first kappa shape index (κ1) is 18.3. The molecule has 9 nitrogen and oxygen atoms in total. The molecule has 2 aromatic rings. The van der Waals surface area contributed by atoms with Crippen LogP contribution in [0.1, 0.15) is 6.92 Å². The third-order valence-electron chi connectivity index (χ3n) is 4.04. The summed E-state index contributed by atoms with van der Waals surface area (Å²) >= 11 is 0. The molecule has 0 radical (unpaired) electrons. The van der Waals surface area contributed by atoms with Gasteiger partial charge in [-0.2, -0.15) is 4.68 Å². The van der Waals surface area contributed by atoms with Gasteiger partial charge in [-0.3, -0.25) is 4.90 Å². The van der Waals surface area contributed by atoms with E-state index in [-0.39, 0.29) is 5.89 Å². The standard InChI is InChI=1S/C17H23N3O6/c1-4-25-15-13(22-2)9-12(10-14(15)23-3)16-18-20(17(21)26-16)11-19-5-7-24-8-6-19/h9-10H,4-8,11H2,1-3H3. The average Bonchev–Trinajstić information content (AvgIpc) is 3.03. The van der Waals surface area contributed by atoms with Crippen molar-refractivity contribution in [3.8, 4) is 28.7 Å². The van der Waals surface area contributed by atoms with Crippen LogP contribution >= 0.6 is 0 Å². The fourth-order valence-corrected chi connectivity index (χ4v) is 2.73. The molecule has 0 amide bonds. The number of hydrogen-bond donors (Lipinski definition) is 0. The summed E-state index contributed by atoms with van der Waals surface area (Å²) in [5.74, 6) is 1.13. The zero-order valence-electron chi connectivity index (χ0n) is 15.2. The Labute approximate surface area is 151 Å². The quantitative estimate of drug-likeness (QED) is 0.723. The van der Waals surface area contributed by atoms with Gasteiger partial charge in [0.25, 0.3) is 0 Å². The number of methoxy groups -OCH3 is 2. The van der Waals surface area contributed by atoms with Crippen LogP contribution in [-0.2, 0) is 11.4 Å². The molecule has 26 heavy (non-hydrogen) atoms. The summed E-state index contributed by atoms with van der Waals surface area (Å²) in [4.78, 5) is 14.2. The van der Waals surface area contributed by atoms with Crippen molar-refractivity contribution in [2.45, 2.75) is 13.6 Å². The number of morpholine rings is 1. The van der Waals surface area contributed by atoms with E-state index < -0.39 is 5.76 Å². The van der Waals surface area contributed by atoms with Gasteiger partial charge in [-0.15, -0.1) is 5.10 Å². The highest BCUT2D eigenvalue weighted by molar-refractivity contribution is 5.65. The molecule has 1 fully saturated rings. The maximum Gasteiger partial charge on any atom is 0.438 e. The molecule has 0 spiro atoms.